The maximum atomic E-state index is 12.1. The van der Waals surface area contributed by atoms with Crippen molar-refractivity contribution in [2.75, 3.05) is 26.2 Å². The molecule has 0 radical (unpaired) electrons. The van der Waals surface area contributed by atoms with E-state index in [0.717, 1.165) is 19.5 Å². The van der Waals surface area contributed by atoms with Crippen molar-refractivity contribution in [2.24, 2.45) is 11.7 Å². The highest BCUT2D eigenvalue weighted by molar-refractivity contribution is 5.77. The van der Waals surface area contributed by atoms with Crippen LogP contribution in [0.3, 0.4) is 0 Å². The second kappa shape index (κ2) is 6.02. The van der Waals surface area contributed by atoms with Crippen LogP contribution in [-0.4, -0.2) is 54.0 Å². The lowest BCUT2D eigenvalue weighted by Gasteiger charge is -2.24. The average Bonchev–Trinajstić information content (AvgIpc) is 2.99. The molecule has 0 saturated carbocycles. The molecule has 2 aliphatic rings. The Bertz CT molecular complexity index is 287. The molecule has 2 unspecified atom stereocenters. The van der Waals surface area contributed by atoms with Crippen LogP contribution in [-0.2, 0) is 4.79 Å². The van der Waals surface area contributed by atoms with Crippen LogP contribution >= 0.6 is 0 Å². The van der Waals surface area contributed by atoms with Crippen molar-refractivity contribution in [3.8, 4) is 0 Å². The van der Waals surface area contributed by atoms with E-state index in [1.807, 2.05) is 4.90 Å². The van der Waals surface area contributed by atoms with Crippen LogP contribution < -0.4 is 5.73 Å². The smallest absolute Gasteiger partial charge is 0.224 e. The first-order chi connectivity index (χ1) is 8.58. The SMILES string of the molecule is CC(C)C(N)CC(=O)N1CCC(N2CCCC2)C1. The summed E-state index contributed by atoms with van der Waals surface area (Å²) in [5, 5.41) is 0. The molecule has 1 amide bonds. The van der Waals surface area contributed by atoms with E-state index in [1.54, 1.807) is 0 Å². The third-order valence-electron chi connectivity index (χ3n) is 4.44. The Balaban J connectivity index is 1.79. The molecule has 2 atom stereocenters. The highest BCUT2D eigenvalue weighted by atomic mass is 16.2. The molecule has 2 saturated heterocycles. The van der Waals surface area contributed by atoms with Crippen LogP contribution in [0.25, 0.3) is 0 Å². The fourth-order valence-corrected chi connectivity index (χ4v) is 2.94. The standard InChI is InChI=1S/C14H27N3O/c1-11(2)13(15)9-14(18)17-8-5-12(10-17)16-6-3-4-7-16/h11-13H,3-10,15H2,1-2H3. The number of amides is 1. The van der Waals surface area contributed by atoms with E-state index in [-0.39, 0.29) is 11.9 Å². The molecule has 0 bridgehead atoms. The topological polar surface area (TPSA) is 49.6 Å². The van der Waals surface area contributed by atoms with Gasteiger partial charge in [0.1, 0.15) is 0 Å². The van der Waals surface area contributed by atoms with Gasteiger partial charge < -0.3 is 10.6 Å². The first kappa shape index (κ1) is 13.8. The molecule has 0 aromatic carbocycles. The predicted octanol–water partition coefficient (Wildman–Crippen LogP) is 1.06. The lowest BCUT2D eigenvalue weighted by molar-refractivity contribution is -0.130. The zero-order chi connectivity index (χ0) is 13.1. The van der Waals surface area contributed by atoms with Gasteiger partial charge in [-0.05, 0) is 38.3 Å². The van der Waals surface area contributed by atoms with Crippen LogP contribution in [0.1, 0.15) is 39.5 Å². The summed E-state index contributed by atoms with van der Waals surface area (Å²) in [5.74, 6) is 0.629. The van der Waals surface area contributed by atoms with E-state index >= 15 is 0 Å². The van der Waals surface area contributed by atoms with Crippen molar-refractivity contribution >= 4 is 5.91 Å². The quantitative estimate of drug-likeness (QED) is 0.815. The Morgan fingerprint density at radius 1 is 1.28 bits per heavy atom. The molecule has 0 aliphatic carbocycles. The summed E-state index contributed by atoms with van der Waals surface area (Å²) < 4.78 is 0. The Kier molecular flexibility index (Phi) is 4.62. The van der Waals surface area contributed by atoms with Crippen molar-refractivity contribution in [1.82, 2.24) is 9.80 Å². The molecule has 4 nitrogen and oxygen atoms in total. The fourth-order valence-electron chi connectivity index (χ4n) is 2.94. The van der Waals surface area contributed by atoms with Crippen LogP contribution in [0.15, 0.2) is 0 Å². The fraction of sp³-hybridized carbons (Fsp3) is 0.929. The summed E-state index contributed by atoms with van der Waals surface area (Å²) in [7, 11) is 0. The monoisotopic (exact) mass is 253 g/mol. The average molecular weight is 253 g/mol. The summed E-state index contributed by atoms with van der Waals surface area (Å²) in [6, 6.07) is 0.607. The minimum atomic E-state index is 0.00309. The van der Waals surface area contributed by atoms with E-state index in [1.165, 1.54) is 25.9 Å². The zero-order valence-electron chi connectivity index (χ0n) is 11.8. The zero-order valence-corrected chi connectivity index (χ0v) is 11.8. The lowest BCUT2D eigenvalue weighted by atomic mass is 10.0. The van der Waals surface area contributed by atoms with Crippen molar-refractivity contribution in [2.45, 2.75) is 51.6 Å². The van der Waals surface area contributed by atoms with Crippen LogP contribution in [0.5, 0.6) is 0 Å². The van der Waals surface area contributed by atoms with Crippen molar-refractivity contribution < 1.29 is 4.79 Å². The lowest BCUT2D eigenvalue weighted by Crippen LogP contribution is -2.39. The second-order valence-corrected chi connectivity index (χ2v) is 6.14. The van der Waals surface area contributed by atoms with Gasteiger partial charge >= 0.3 is 0 Å². The van der Waals surface area contributed by atoms with Gasteiger partial charge in [0.05, 0.1) is 0 Å². The maximum absolute atomic E-state index is 12.1. The molecule has 4 heteroatoms. The number of hydrogen-bond acceptors (Lipinski definition) is 3. The molecule has 0 aromatic rings. The number of carbonyl (C=O) groups excluding carboxylic acids is 1. The molecular weight excluding hydrogens is 226 g/mol. The summed E-state index contributed by atoms with van der Waals surface area (Å²) >= 11 is 0. The largest absolute Gasteiger partial charge is 0.341 e. The summed E-state index contributed by atoms with van der Waals surface area (Å²) in [6.45, 7) is 8.44. The molecule has 0 spiro atoms. The number of nitrogens with two attached hydrogens (primary N) is 1. The van der Waals surface area contributed by atoms with Gasteiger partial charge in [-0.1, -0.05) is 13.8 Å². The van der Waals surface area contributed by atoms with Gasteiger partial charge in [0.2, 0.25) is 5.91 Å². The summed E-state index contributed by atoms with van der Waals surface area (Å²) in [6.07, 6.45) is 4.29. The van der Waals surface area contributed by atoms with E-state index in [4.69, 9.17) is 5.73 Å². The van der Waals surface area contributed by atoms with Crippen LogP contribution in [0, 0.1) is 5.92 Å². The number of likely N-dealkylation sites (tertiary alicyclic amines) is 2. The van der Waals surface area contributed by atoms with Gasteiger partial charge in [-0.25, -0.2) is 0 Å². The summed E-state index contributed by atoms with van der Waals surface area (Å²) in [5.41, 5.74) is 5.98. The minimum Gasteiger partial charge on any atom is -0.341 e. The third-order valence-corrected chi connectivity index (χ3v) is 4.44. The first-order valence-corrected chi connectivity index (χ1v) is 7.35. The molecule has 2 N–H and O–H groups in total. The maximum Gasteiger partial charge on any atom is 0.224 e. The normalized spacial score (nSPS) is 27.1. The second-order valence-electron chi connectivity index (χ2n) is 6.14. The van der Waals surface area contributed by atoms with Crippen molar-refractivity contribution in [1.29, 1.82) is 0 Å². The molecule has 2 heterocycles. The van der Waals surface area contributed by atoms with Crippen LogP contribution in [0.2, 0.25) is 0 Å². The Hall–Kier alpha value is -0.610. The van der Waals surface area contributed by atoms with Gasteiger partial charge in [-0.2, -0.15) is 0 Å². The highest BCUT2D eigenvalue weighted by Crippen LogP contribution is 2.21. The molecule has 2 rings (SSSR count). The van der Waals surface area contributed by atoms with E-state index in [9.17, 15) is 4.79 Å². The Morgan fingerprint density at radius 2 is 1.94 bits per heavy atom. The first-order valence-electron chi connectivity index (χ1n) is 7.35. The van der Waals surface area contributed by atoms with E-state index in [2.05, 4.69) is 18.7 Å². The summed E-state index contributed by atoms with van der Waals surface area (Å²) in [4.78, 5) is 16.7. The molecule has 104 valence electrons. The van der Waals surface area contributed by atoms with Gasteiger partial charge in [-0.15, -0.1) is 0 Å². The van der Waals surface area contributed by atoms with Gasteiger partial charge in [0, 0.05) is 31.6 Å². The molecule has 18 heavy (non-hydrogen) atoms. The Labute approximate surface area is 110 Å². The van der Waals surface area contributed by atoms with Crippen molar-refractivity contribution in [3.63, 3.8) is 0 Å². The number of nitrogens with zero attached hydrogens (tertiary/aromatic N) is 2. The Morgan fingerprint density at radius 3 is 2.56 bits per heavy atom. The van der Waals surface area contributed by atoms with E-state index < -0.39 is 0 Å². The number of carbonyl (C=O) groups is 1. The van der Waals surface area contributed by atoms with Gasteiger partial charge in [0.15, 0.2) is 0 Å². The molecular formula is C14H27N3O. The minimum absolute atomic E-state index is 0.00309. The molecule has 0 aromatic heterocycles. The van der Waals surface area contributed by atoms with Crippen LogP contribution in [0.4, 0.5) is 0 Å². The highest BCUT2D eigenvalue weighted by Gasteiger charge is 2.31. The van der Waals surface area contributed by atoms with Gasteiger partial charge in [0.25, 0.3) is 0 Å². The van der Waals surface area contributed by atoms with Crippen molar-refractivity contribution in [3.05, 3.63) is 0 Å². The number of hydrogen-bond donors (Lipinski definition) is 1. The van der Waals surface area contributed by atoms with E-state index in [0.29, 0.717) is 18.4 Å². The number of rotatable bonds is 4. The predicted molar refractivity (Wildman–Crippen MR) is 73.2 cm³/mol. The third kappa shape index (κ3) is 3.23. The molecule has 2 aliphatic heterocycles. The van der Waals surface area contributed by atoms with Gasteiger partial charge in [-0.3, -0.25) is 9.69 Å². The molecule has 2 fully saturated rings.